The first kappa shape index (κ1) is 11.3. The van der Waals surface area contributed by atoms with Crippen molar-refractivity contribution >= 4 is 52.4 Å². The number of rotatable bonds is 2. The third-order valence-electron chi connectivity index (χ3n) is 1.34. The zero-order valence-corrected chi connectivity index (χ0v) is 9.94. The van der Waals surface area contributed by atoms with Gasteiger partial charge in [0, 0.05) is 17.6 Å². The smallest absolute Gasteiger partial charge is 0.256 e. The second-order valence-corrected chi connectivity index (χ2v) is 6.49. The van der Waals surface area contributed by atoms with Crippen LogP contribution in [-0.2, 0) is 0 Å². The Morgan fingerprint density at radius 3 is 2.15 bits per heavy atom. The van der Waals surface area contributed by atoms with Gasteiger partial charge in [0.2, 0.25) is 0 Å². The average molecular weight is 257 g/mol. The number of alkyl halides is 3. The van der Waals surface area contributed by atoms with Crippen LogP contribution in [0.25, 0.3) is 0 Å². The van der Waals surface area contributed by atoms with Crippen LogP contribution >= 0.6 is 46.8 Å². The molecule has 0 aliphatic heterocycles. The van der Waals surface area contributed by atoms with Crippen molar-refractivity contribution in [3.05, 3.63) is 29.8 Å². The van der Waals surface area contributed by atoms with E-state index in [4.69, 9.17) is 34.8 Å². The van der Waals surface area contributed by atoms with Gasteiger partial charge in [0.15, 0.2) is 0 Å². The summed E-state index contributed by atoms with van der Waals surface area (Å²) in [6.45, 7) is 2.02. The minimum atomic E-state index is -1.33. The summed E-state index contributed by atoms with van der Waals surface area (Å²) in [5, 5.41) is 0. The van der Waals surface area contributed by atoms with Crippen molar-refractivity contribution in [1.29, 1.82) is 0 Å². The van der Waals surface area contributed by atoms with E-state index in [-0.39, 0.29) is 0 Å². The third kappa shape index (κ3) is 4.87. The van der Waals surface area contributed by atoms with Gasteiger partial charge in [-0.15, -0.1) is 0 Å². The number of aryl methyl sites for hydroxylation is 1. The number of anilines is 1. The Labute approximate surface area is 96.9 Å². The van der Waals surface area contributed by atoms with Gasteiger partial charge in [-0.2, -0.15) is 0 Å². The summed E-state index contributed by atoms with van der Waals surface area (Å²) < 4.78 is 1.60. The molecule has 0 amide bonds. The van der Waals surface area contributed by atoms with E-state index >= 15 is 0 Å². The summed E-state index contributed by atoms with van der Waals surface area (Å²) in [7, 11) is 0. The maximum Gasteiger partial charge on any atom is 0.256 e. The Hall–Kier alpha value is 0.240. The fraction of sp³-hybridized carbons (Fsp3) is 0.250. The maximum atomic E-state index is 5.55. The SMILES string of the molecule is Cc1ccc(NSC(Cl)(Cl)Cl)cc1. The summed E-state index contributed by atoms with van der Waals surface area (Å²) >= 11 is 17.7. The highest BCUT2D eigenvalue weighted by Crippen LogP contribution is 2.38. The highest BCUT2D eigenvalue weighted by atomic mass is 35.6. The molecule has 0 atom stereocenters. The second-order valence-electron chi connectivity index (χ2n) is 2.52. The molecule has 0 aliphatic carbocycles. The normalized spacial score (nSPS) is 11.4. The Balaban J connectivity index is 2.51. The molecular weight excluding hydrogens is 249 g/mol. The number of nitrogens with one attached hydrogen (secondary N) is 1. The van der Waals surface area contributed by atoms with Gasteiger partial charge in [-0.05, 0) is 19.1 Å². The first-order valence-electron chi connectivity index (χ1n) is 3.55. The summed E-state index contributed by atoms with van der Waals surface area (Å²) in [4.78, 5) is 0. The van der Waals surface area contributed by atoms with E-state index in [1.165, 1.54) is 5.56 Å². The van der Waals surface area contributed by atoms with Crippen LogP contribution in [0.3, 0.4) is 0 Å². The molecule has 0 fully saturated rings. The van der Waals surface area contributed by atoms with Crippen molar-refractivity contribution in [2.75, 3.05) is 4.72 Å². The van der Waals surface area contributed by atoms with E-state index in [1.54, 1.807) is 0 Å². The Kier molecular flexibility index (Phi) is 4.05. The van der Waals surface area contributed by atoms with Crippen molar-refractivity contribution in [1.82, 2.24) is 0 Å². The highest BCUT2D eigenvalue weighted by molar-refractivity contribution is 8.05. The molecule has 1 aromatic rings. The number of hydrogen-bond donors (Lipinski definition) is 1. The van der Waals surface area contributed by atoms with E-state index in [9.17, 15) is 0 Å². The van der Waals surface area contributed by atoms with Crippen molar-refractivity contribution in [3.63, 3.8) is 0 Å². The topological polar surface area (TPSA) is 12.0 Å². The van der Waals surface area contributed by atoms with E-state index in [2.05, 4.69) is 4.72 Å². The summed E-state index contributed by atoms with van der Waals surface area (Å²) in [6.07, 6.45) is 0. The standard InChI is InChI=1S/C8H8Cl3NS/c1-6-2-4-7(5-3-6)12-13-8(9,10)11/h2-5,12H,1H3. The van der Waals surface area contributed by atoms with Crippen molar-refractivity contribution in [3.8, 4) is 0 Å². The molecule has 0 spiro atoms. The lowest BCUT2D eigenvalue weighted by molar-refractivity contribution is 1.47. The summed E-state index contributed by atoms with van der Waals surface area (Å²) in [6, 6.07) is 7.83. The van der Waals surface area contributed by atoms with Crippen molar-refractivity contribution in [2.24, 2.45) is 0 Å². The largest absolute Gasteiger partial charge is 0.326 e. The predicted octanol–water partition coefficient (Wildman–Crippen LogP) is 4.38. The molecule has 72 valence electrons. The quantitative estimate of drug-likeness (QED) is 0.622. The Morgan fingerprint density at radius 1 is 1.15 bits per heavy atom. The van der Waals surface area contributed by atoms with Crippen LogP contribution in [0.15, 0.2) is 24.3 Å². The van der Waals surface area contributed by atoms with Gasteiger partial charge in [-0.25, -0.2) is 0 Å². The second kappa shape index (κ2) is 4.65. The predicted molar refractivity (Wildman–Crippen MR) is 62.7 cm³/mol. The molecule has 13 heavy (non-hydrogen) atoms. The van der Waals surface area contributed by atoms with Crippen molar-refractivity contribution < 1.29 is 0 Å². The van der Waals surface area contributed by atoms with E-state index in [1.807, 2.05) is 31.2 Å². The Morgan fingerprint density at radius 2 is 1.69 bits per heavy atom. The third-order valence-corrected chi connectivity index (χ3v) is 2.60. The molecule has 0 unspecified atom stereocenters. The molecular formula is C8H8Cl3NS. The van der Waals surface area contributed by atoms with Gasteiger partial charge in [-0.3, -0.25) is 0 Å². The lowest BCUT2D eigenvalue weighted by Gasteiger charge is -2.11. The van der Waals surface area contributed by atoms with Gasteiger partial charge >= 0.3 is 0 Å². The molecule has 1 N–H and O–H groups in total. The molecule has 1 aromatic carbocycles. The van der Waals surface area contributed by atoms with Crippen LogP contribution < -0.4 is 4.72 Å². The van der Waals surface area contributed by atoms with Gasteiger partial charge in [0.1, 0.15) is 0 Å². The molecule has 0 aromatic heterocycles. The van der Waals surface area contributed by atoms with Gasteiger partial charge in [0.05, 0.1) is 0 Å². The van der Waals surface area contributed by atoms with Gasteiger partial charge in [-0.1, -0.05) is 52.5 Å². The van der Waals surface area contributed by atoms with Crippen LogP contribution in [0.2, 0.25) is 0 Å². The number of halogens is 3. The number of benzene rings is 1. The average Bonchev–Trinajstić information content (AvgIpc) is 2.02. The zero-order valence-electron chi connectivity index (χ0n) is 6.85. The van der Waals surface area contributed by atoms with Crippen LogP contribution in [-0.4, -0.2) is 3.12 Å². The van der Waals surface area contributed by atoms with Crippen LogP contribution in [0.1, 0.15) is 5.56 Å². The maximum absolute atomic E-state index is 5.55. The lowest BCUT2D eigenvalue weighted by atomic mass is 10.2. The molecule has 0 bridgehead atoms. The molecule has 0 saturated heterocycles. The summed E-state index contributed by atoms with van der Waals surface area (Å²) in [5.41, 5.74) is 2.12. The summed E-state index contributed by atoms with van der Waals surface area (Å²) in [5.74, 6) is 0. The molecule has 0 heterocycles. The fourth-order valence-electron chi connectivity index (χ4n) is 0.738. The first-order chi connectivity index (χ1) is 5.97. The van der Waals surface area contributed by atoms with E-state index < -0.39 is 3.12 Å². The molecule has 1 rings (SSSR count). The molecule has 0 aliphatic rings. The minimum Gasteiger partial charge on any atom is -0.326 e. The molecule has 1 nitrogen and oxygen atoms in total. The van der Waals surface area contributed by atoms with Gasteiger partial charge < -0.3 is 4.72 Å². The van der Waals surface area contributed by atoms with Crippen LogP contribution in [0.5, 0.6) is 0 Å². The van der Waals surface area contributed by atoms with E-state index in [0.29, 0.717) is 0 Å². The van der Waals surface area contributed by atoms with Crippen LogP contribution in [0, 0.1) is 6.92 Å². The van der Waals surface area contributed by atoms with Crippen molar-refractivity contribution in [2.45, 2.75) is 10.0 Å². The zero-order chi connectivity index (χ0) is 9.90. The lowest BCUT2D eigenvalue weighted by Crippen LogP contribution is -1.99. The first-order valence-corrected chi connectivity index (χ1v) is 5.50. The monoisotopic (exact) mass is 255 g/mol. The van der Waals surface area contributed by atoms with Crippen LogP contribution in [0.4, 0.5) is 5.69 Å². The minimum absolute atomic E-state index is 0.918. The highest BCUT2D eigenvalue weighted by Gasteiger charge is 2.20. The Bertz CT molecular complexity index is 268. The number of hydrogen-bond acceptors (Lipinski definition) is 2. The molecule has 0 radical (unpaired) electrons. The molecule has 5 heteroatoms. The fourth-order valence-corrected chi connectivity index (χ4v) is 1.46. The van der Waals surface area contributed by atoms with E-state index in [0.717, 1.165) is 17.6 Å². The van der Waals surface area contributed by atoms with Gasteiger partial charge in [0.25, 0.3) is 3.12 Å². The molecule has 0 saturated carbocycles.